The van der Waals surface area contributed by atoms with Gasteiger partial charge in [-0.1, -0.05) is 12.1 Å². The van der Waals surface area contributed by atoms with Crippen molar-refractivity contribution < 1.29 is 9.59 Å². The van der Waals surface area contributed by atoms with Gasteiger partial charge in [0.05, 0.1) is 5.75 Å². The van der Waals surface area contributed by atoms with Crippen molar-refractivity contribution in [1.82, 2.24) is 0 Å². The Balaban J connectivity index is 1.35. The van der Waals surface area contributed by atoms with E-state index in [0.717, 1.165) is 35.7 Å². The molecule has 2 aromatic rings. The Hall–Kier alpha value is -2.27. The van der Waals surface area contributed by atoms with Crippen molar-refractivity contribution in [3.05, 3.63) is 53.6 Å². The minimum Gasteiger partial charge on any atom is -0.325 e. The molecule has 1 N–H and O–H groups in total. The normalized spacial score (nSPS) is 16.0. The molecule has 4 rings (SSSR count). The monoisotopic (exact) mass is 366 g/mol. The summed E-state index contributed by atoms with van der Waals surface area (Å²) in [7, 11) is 0. The lowest BCUT2D eigenvalue weighted by molar-refractivity contribution is -0.117. The van der Waals surface area contributed by atoms with E-state index < -0.39 is 0 Å². The second-order valence-corrected chi connectivity index (χ2v) is 7.87. The van der Waals surface area contributed by atoms with E-state index in [1.54, 1.807) is 16.7 Å². The van der Waals surface area contributed by atoms with Crippen molar-refractivity contribution in [2.45, 2.75) is 37.0 Å². The maximum Gasteiger partial charge on any atom is 0.234 e. The second-order valence-electron chi connectivity index (χ2n) is 6.82. The van der Waals surface area contributed by atoms with Crippen LogP contribution in [-0.4, -0.2) is 24.1 Å². The van der Waals surface area contributed by atoms with Gasteiger partial charge in [0.15, 0.2) is 0 Å². The first-order chi connectivity index (χ1) is 12.7. The van der Waals surface area contributed by atoms with Crippen LogP contribution in [0.15, 0.2) is 47.4 Å². The third-order valence-corrected chi connectivity index (χ3v) is 5.95. The Kier molecular flexibility index (Phi) is 4.98. The van der Waals surface area contributed by atoms with Crippen LogP contribution in [0.1, 0.15) is 30.4 Å². The zero-order chi connectivity index (χ0) is 17.9. The van der Waals surface area contributed by atoms with Crippen LogP contribution >= 0.6 is 11.8 Å². The van der Waals surface area contributed by atoms with E-state index in [0.29, 0.717) is 12.2 Å². The number of aryl methyl sites for hydroxylation is 2. The molecule has 1 aliphatic heterocycles. The number of thioether (sulfide) groups is 1. The molecule has 26 heavy (non-hydrogen) atoms. The average molecular weight is 366 g/mol. The van der Waals surface area contributed by atoms with Crippen LogP contribution in [0.5, 0.6) is 0 Å². The van der Waals surface area contributed by atoms with E-state index in [9.17, 15) is 9.59 Å². The molecule has 5 heteroatoms. The first kappa shape index (κ1) is 17.2. The first-order valence-corrected chi connectivity index (χ1v) is 10.1. The number of carbonyl (C=O) groups is 2. The zero-order valence-electron chi connectivity index (χ0n) is 14.7. The minimum atomic E-state index is -0.0274. The number of carbonyl (C=O) groups excluding carboxylic acids is 2. The molecule has 0 spiro atoms. The van der Waals surface area contributed by atoms with Crippen molar-refractivity contribution in [2.75, 3.05) is 22.5 Å². The Morgan fingerprint density at radius 3 is 2.77 bits per heavy atom. The molecule has 2 aliphatic rings. The largest absolute Gasteiger partial charge is 0.325 e. The van der Waals surface area contributed by atoms with E-state index in [1.165, 1.54) is 24.0 Å². The van der Waals surface area contributed by atoms with Crippen LogP contribution < -0.4 is 10.2 Å². The summed E-state index contributed by atoms with van der Waals surface area (Å²) in [5, 5.41) is 2.95. The van der Waals surface area contributed by atoms with Crippen LogP contribution in [0.3, 0.4) is 0 Å². The zero-order valence-corrected chi connectivity index (χ0v) is 15.5. The highest BCUT2D eigenvalue weighted by Gasteiger charge is 2.21. The molecule has 2 amide bonds. The molecule has 0 unspecified atom stereocenters. The molecule has 1 fully saturated rings. The van der Waals surface area contributed by atoms with Gasteiger partial charge in [-0.15, -0.1) is 11.8 Å². The van der Waals surface area contributed by atoms with Gasteiger partial charge in [0.2, 0.25) is 11.8 Å². The average Bonchev–Trinajstić information content (AvgIpc) is 3.28. The summed E-state index contributed by atoms with van der Waals surface area (Å²) in [6.45, 7) is 0.754. The van der Waals surface area contributed by atoms with Crippen LogP contribution in [0.2, 0.25) is 0 Å². The summed E-state index contributed by atoms with van der Waals surface area (Å²) in [5.41, 5.74) is 4.48. The Bertz CT molecular complexity index is 850. The smallest absolute Gasteiger partial charge is 0.234 e. The minimum absolute atomic E-state index is 0.0274. The molecule has 0 saturated carbocycles. The number of nitrogens with zero attached hydrogens (tertiary/aromatic N) is 1. The topological polar surface area (TPSA) is 49.4 Å². The lowest BCUT2D eigenvalue weighted by Gasteiger charge is -2.16. The molecule has 2 aromatic carbocycles. The van der Waals surface area contributed by atoms with Gasteiger partial charge < -0.3 is 10.2 Å². The number of anilines is 2. The standard InChI is InChI=1S/C21H22N2O2S/c24-20(14-26-19-10-9-15-4-1-5-16(15)12-19)22-17-6-2-7-18(13-17)23-11-3-8-21(23)25/h2,6-7,9-10,12-13H,1,3-5,8,11,14H2,(H,22,24). The van der Waals surface area contributed by atoms with E-state index >= 15 is 0 Å². The van der Waals surface area contributed by atoms with Crippen molar-refractivity contribution in [2.24, 2.45) is 0 Å². The lowest BCUT2D eigenvalue weighted by atomic mass is 10.1. The van der Waals surface area contributed by atoms with Gasteiger partial charge in [-0.2, -0.15) is 0 Å². The summed E-state index contributed by atoms with van der Waals surface area (Å²) >= 11 is 1.57. The maximum absolute atomic E-state index is 12.3. The van der Waals surface area contributed by atoms with Crippen LogP contribution in [0.4, 0.5) is 11.4 Å². The molecule has 4 nitrogen and oxygen atoms in total. The number of benzene rings is 2. The Morgan fingerprint density at radius 2 is 1.92 bits per heavy atom. The highest BCUT2D eigenvalue weighted by molar-refractivity contribution is 8.00. The summed E-state index contributed by atoms with van der Waals surface area (Å²) in [4.78, 5) is 27.1. The van der Waals surface area contributed by atoms with Gasteiger partial charge >= 0.3 is 0 Å². The quantitative estimate of drug-likeness (QED) is 0.813. The molecule has 0 atom stereocenters. The molecule has 0 bridgehead atoms. The number of amides is 2. The third-order valence-electron chi connectivity index (χ3n) is 4.95. The Morgan fingerprint density at radius 1 is 1.04 bits per heavy atom. The lowest BCUT2D eigenvalue weighted by Crippen LogP contribution is -2.23. The number of nitrogens with one attached hydrogen (secondary N) is 1. The fourth-order valence-electron chi connectivity index (χ4n) is 3.66. The van der Waals surface area contributed by atoms with Gasteiger partial charge in [-0.3, -0.25) is 9.59 Å². The third kappa shape index (κ3) is 3.78. The van der Waals surface area contributed by atoms with Crippen molar-refractivity contribution in [3.63, 3.8) is 0 Å². The molecular weight excluding hydrogens is 344 g/mol. The van der Waals surface area contributed by atoms with Gasteiger partial charge in [0.25, 0.3) is 0 Å². The molecule has 1 heterocycles. The van der Waals surface area contributed by atoms with Crippen molar-refractivity contribution in [1.29, 1.82) is 0 Å². The van der Waals surface area contributed by atoms with E-state index in [-0.39, 0.29) is 11.8 Å². The fraction of sp³-hybridized carbons (Fsp3) is 0.333. The van der Waals surface area contributed by atoms with Gasteiger partial charge in [0, 0.05) is 29.2 Å². The molecule has 134 valence electrons. The number of hydrogen-bond acceptors (Lipinski definition) is 3. The van der Waals surface area contributed by atoms with Gasteiger partial charge in [-0.05, 0) is 67.1 Å². The molecule has 1 aliphatic carbocycles. The fourth-order valence-corrected chi connectivity index (χ4v) is 4.42. The number of hydrogen-bond donors (Lipinski definition) is 1. The van der Waals surface area contributed by atoms with E-state index in [2.05, 4.69) is 23.5 Å². The van der Waals surface area contributed by atoms with Crippen LogP contribution in [-0.2, 0) is 22.4 Å². The van der Waals surface area contributed by atoms with Crippen LogP contribution in [0, 0.1) is 0 Å². The van der Waals surface area contributed by atoms with Crippen LogP contribution in [0.25, 0.3) is 0 Å². The van der Waals surface area contributed by atoms with Gasteiger partial charge in [0.1, 0.15) is 0 Å². The summed E-state index contributed by atoms with van der Waals surface area (Å²) in [6.07, 6.45) is 5.06. The SMILES string of the molecule is O=C(CSc1ccc2c(c1)CCC2)Nc1cccc(N2CCCC2=O)c1. The predicted octanol–water partition coefficient (Wildman–Crippen LogP) is 4.03. The van der Waals surface area contributed by atoms with Gasteiger partial charge in [-0.25, -0.2) is 0 Å². The molecule has 0 aromatic heterocycles. The first-order valence-electron chi connectivity index (χ1n) is 9.14. The maximum atomic E-state index is 12.3. The number of fused-ring (bicyclic) bond motifs is 1. The van der Waals surface area contributed by atoms with E-state index in [4.69, 9.17) is 0 Å². The highest BCUT2D eigenvalue weighted by atomic mass is 32.2. The number of rotatable bonds is 5. The highest BCUT2D eigenvalue weighted by Crippen LogP contribution is 2.28. The van der Waals surface area contributed by atoms with Crippen molar-refractivity contribution >= 4 is 35.0 Å². The van der Waals surface area contributed by atoms with E-state index in [1.807, 2.05) is 24.3 Å². The molecule has 0 radical (unpaired) electrons. The summed E-state index contributed by atoms with van der Waals surface area (Å²) in [6, 6.07) is 14.1. The Labute approximate surface area is 158 Å². The predicted molar refractivity (Wildman–Crippen MR) is 106 cm³/mol. The summed E-state index contributed by atoms with van der Waals surface area (Å²) in [5.74, 6) is 0.507. The second kappa shape index (κ2) is 7.54. The molecular formula is C21H22N2O2S. The van der Waals surface area contributed by atoms with Crippen molar-refractivity contribution in [3.8, 4) is 0 Å². The summed E-state index contributed by atoms with van der Waals surface area (Å²) < 4.78 is 0. The molecule has 1 saturated heterocycles.